The largest absolute Gasteiger partial charge is 0.475 e. The molecule has 0 aromatic rings. The van der Waals surface area contributed by atoms with E-state index in [0.717, 1.165) is 0 Å². The molecule has 0 saturated heterocycles. The topological polar surface area (TPSA) is 200 Å². The van der Waals surface area contributed by atoms with Gasteiger partial charge in [-0.3, -0.25) is 18.1 Å². The predicted octanol–water partition coefficient (Wildman–Crippen LogP) is -2.58. The number of likely N-dealkylation sites (N-methyl/N-ethyl adjacent to an activating group) is 1. The van der Waals surface area contributed by atoms with Gasteiger partial charge in [0.2, 0.25) is 5.88 Å². The average molecular weight is 358 g/mol. The maximum atomic E-state index is 11.2. The Morgan fingerprint density at radius 2 is 1.25 bits per heavy atom. The van der Waals surface area contributed by atoms with Crippen LogP contribution in [0.25, 0.3) is 0 Å². The lowest BCUT2D eigenvalue weighted by atomic mass is 10.5. The Hall–Kier alpha value is -0.840. The van der Waals surface area contributed by atoms with Crippen molar-refractivity contribution in [3.63, 3.8) is 0 Å². The van der Waals surface area contributed by atoms with Gasteiger partial charge in [-0.05, 0) is 0 Å². The first-order chi connectivity index (χ1) is 8.40. The fourth-order valence-electron chi connectivity index (χ4n) is 1.73. The molecule has 12 nitrogen and oxygen atoms in total. The smallest absolute Gasteiger partial charge is 0.444 e. The van der Waals surface area contributed by atoms with E-state index in [1.165, 1.54) is 0 Å². The van der Waals surface area contributed by atoms with Crippen molar-refractivity contribution in [1.29, 1.82) is 0 Å². The van der Waals surface area contributed by atoms with Crippen molar-refractivity contribution in [2.45, 2.75) is 4.20 Å². The molecule has 0 saturated carbocycles. The molecule has 0 bridgehead atoms. The molecule has 0 atom stereocenters. The van der Waals surface area contributed by atoms with Gasteiger partial charge in [0.15, 0.2) is 0 Å². The second kappa shape index (κ2) is 4.86. The van der Waals surface area contributed by atoms with E-state index in [-0.39, 0.29) is 0 Å². The van der Waals surface area contributed by atoms with Crippen LogP contribution in [-0.2, 0) is 35.1 Å². The number of hydrogen-bond donors (Lipinski definition) is 4. The van der Waals surface area contributed by atoms with Crippen molar-refractivity contribution in [3.8, 4) is 0 Å². The number of carboxylic acid groups (broad SMARTS) is 1. The highest BCUT2D eigenvalue weighted by Crippen LogP contribution is 2.33. The van der Waals surface area contributed by atoms with E-state index < -0.39 is 50.9 Å². The first-order valence-corrected chi connectivity index (χ1v) is 8.85. The van der Waals surface area contributed by atoms with E-state index in [1.54, 1.807) is 0 Å². The van der Waals surface area contributed by atoms with Gasteiger partial charge in [-0.2, -0.15) is 25.3 Å². The van der Waals surface area contributed by atoms with Crippen LogP contribution in [0.2, 0.25) is 0 Å². The number of hydrogen-bond acceptors (Lipinski definition) is 7. The molecule has 0 rings (SSSR count). The minimum absolute atomic E-state index is 0.448. The highest BCUT2D eigenvalue weighted by molar-refractivity contribution is 8.06. The summed E-state index contributed by atoms with van der Waals surface area (Å²) in [6.45, 7) is 0. The molecule has 0 aliphatic rings. The van der Waals surface area contributed by atoms with E-state index in [2.05, 4.69) is 0 Å². The van der Waals surface area contributed by atoms with Crippen LogP contribution < -0.4 is 0 Å². The first-order valence-electron chi connectivity index (χ1n) is 4.36. The van der Waals surface area contributed by atoms with Crippen LogP contribution in [0, 0.1) is 0 Å². The summed E-state index contributed by atoms with van der Waals surface area (Å²) in [6.07, 6.45) is 0. The molecule has 0 aromatic heterocycles. The second-order valence-electron chi connectivity index (χ2n) is 4.23. The summed E-state index contributed by atoms with van der Waals surface area (Å²) < 4.78 is 86.5. The van der Waals surface area contributed by atoms with Crippen molar-refractivity contribution in [1.82, 2.24) is 0 Å². The third kappa shape index (κ3) is 3.08. The molecule has 0 amide bonds. The summed E-state index contributed by atoms with van der Waals surface area (Å²) in [5.74, 6) is -4.49. The Bertz CT molecular complexity index is 680. The zero-order valence-corrected chi connectivity index (χ0v) is 12.5. The van der Waals surface area contributed by atoms with E-state index in [0.29, 0.717) is 14.1 Å². The number of rotatable bonds is 6. The molecule has 0 aliphatic heterocycles. The molecule has 0 aromatic carbocycles. The Balaban J connectivity index is 6.86. The summed E-state index contributed by atoms with van der Waals surface area (Å²) in [6, 6.07) is 0. The van der Waals surface area contributed by atoms with Gasteiger partial charge >= 0.3 is 40.5 Å². The molecular formula is C5H12NO11S3+. The summed E-state index contributed by atoms with van der Waals surface area (Å²) in [4.78, 5) is 11.1. The number of aliphatic carboxylic acids is 1. The Labute approximate surface area is 114 Å². The zero-order chi connectivity index (χ0) is 16.8. The van der Waals surface area contributed by atoms with Gasteiger partial charge in [-0.15, -0.1) is 0 Å². The lowest BCUT2D eigenvalue weighted by Crippen LogP contribution is -2.72. The monoisotopic (exact) mass is 358 g/mol. The lowest BCUT2D eigenvalue weighted by Gasteiger charge is -2.38. The molecular weight excluding hydrogens is 346 g/mol. The van der Waals surface area contributed by atoms with E-state index in [1.807, 2.05) is 0 Å². The van der Waals surface area contributed by atoms with Gasteiger partial charge in [0.05, 0.1) is 14.1 Å². The molecule has 0 fully saturated rings. The van der Waals surface area contributed by atoms with Crippen LogP contribution in [0.3, 0.4) is 0 Å². The number of quaternary nitrogens is 1. The maximum Gasteiger partial charge on any atom is 0.444 e. The van der Waals surface area contributed by atoms with Crippen LogP contribution in [0.1, 0.15) is 0 Å². The normalized spacial score (nSPS) is 15.1. The molecule has 4 N–H and O–H groups in total. The van der Waals surface area contributed by atoms with Crippen LogP contribution in [-0.4, -0.2) is 78.6 Å². The second-order valence-corrected chi connectivity index (χ2v) is 9.00. The molecule has 0 aliphatic carbocycles. The SMILES string of the molecule is C[N+](C)(CS(=O)(=O)O)C(C(=O)O)(S(=O)(=O)O)S(=O)(=O)O. The number of carboxylic acids is 1. The Morgan fingerprint density at radius 1 is 0.950 bits per heavy atom. The average Bonchev–Trinajstić information content (AvgIpc) is 1.88. The van der Waals surface area contributed by atoms with Gasteiger partial charge in [0, 0.05) is 0 Å². The van der Waals surface area contributed by atoms with E-state index in [9.17, 15) is 30.0 Å². The highest BCUT2D eigenvalue weighted by Gasteiger charge is 2.74. The Kier molecular flexibility index (Phi) is 4.66. The first kappa shape index (κ1) is 19.2. The minimum atomic E-state index is -6.05. The van der Waals surface area contributed by atoms with Gasteiger partial charge in [-0.1, -0.05) is 0 Å². The van der Waals surface area contributed by atoms with Crippen LogP contribution in [0.15, 0.2) is 0 Å². The molecule has 15 heteroatoms. The van der Waals surface area contributed by atoms with Crippen LogP contribution >= 0.6 is 0 Å². The zero-order valence-electron chi connectivity index (χ0n) is 10.0. The summed E-state index contributed by atoms with van der Waals surface area (Å²) in [5.41, 5.74) is 0. The third-order valence-electron chi connectivity index (χ3n) is 2.25. The van der Waals surface area contributed by atoms with Crippen molar-refractivity contribution >= 4 is 36.3 Å². The van der Waals surface area contributed by atoms with Gasteiger partial charge < -0.3 is 5.11 Å². The fraction of sp³-hybridized carbons (Fsp3) is 0.800. The van der Waals surface area contributed by atoms with Crippen molar-refractivity contribution in [3.05, 3.63) is 0 Å². The maximum absolute atomic E-state index is 11.2. The highest BCUT2D eigenvalue weighted by atomic mass is 32.3. The molecule has 0 heterocycles. The predicted molar refractivity (Wildman–Crippen MR) is 62.0 cm³/mol. The van der Waals surface area contributed by atoms with Crippen LogP contribution in [0.5, 0.6) is 0 Å². The summed E-state index contributed by atoms with van der Waals surface area (Å²) in [5, 5.41) is 8.86. The molecule has 0 spiro atoms. The van der Waals surface area contributed by atoms with Gasteiger partial charge in [-0.25, -0.2) is 4.79 Å². The van der Waals surface area contributed by atoms with Crippen molar-refractivity contribution in [2.75, 3.05) is 20.0 Å². The number of carbonyl (C=O) groups is 1. The van der Waals surface area contributed by atoms with Gasteiger partial charge in [0.25, 0.3) is 0 Å². The number of nitrogens with zero attached hydrogens (tertiary/aromatic N) is 1. The fourth-order valence-corrected chi connectivity index (χ4v) is 5.79. The summed E-state index contributed by atoms with van der Waals surface area (Å²) in [7, 11) is -16.3. The Morgan fingerprint density at radius 3 is 1.40 bits per heavy atom. The third-order valence-corrected chi connectivity index (χ3v) is 7.22. The minimum Gasteiger partial charge on any atom is -0.475 e. The molecule has 0 unspecified atom stereocenters. The molecule has 20 heavy (non-hydrogen) atoms. The molecule has 0 radical (unpaired) electrons. The van der Waals surface area contributed by atoms with E-state index >= 15 is 0 Å². The quantitative estimate of drug-likeness (QED) is 0.287. The van der Waals surface area contributed by atoms with Gasteiger partial charge in [0.1, 0.15) is 0 Å². The summed E-state index contributed by atoms with van der Waals surface area (Å²) >= 11 is 0. The standard InChI is InChI=1S/C5H11NO11S3/c1-6(2,3-18(9,10)11)5(4(7)8,19(12,13)14)20(15,16)17/h3H2,1-2H3,(H3-,7,8,9,10,11,12,13,14,15,16,17)/p+1. The van der Waals surface area contributed by atoms with Crippen LogP contribution in [0.4, 0.5) is 0 Å². The van der Waals surface area contributed by atoms with Crippen molar-refractivity contribution < 1.29 is 53.3 Å². The molecule has 120 valence electrons. The van der Waals surface area contributed by atoms with E-state index in [4.69, 9.17) is 18.8 Å². The lowest BCUT2D eigenvalue weighted by molar-refractivity contribution is -0.892. The van der Waals surface area contributed by atoms with Crippen molar-refractivity contribution in [2.24, 2.45) is 0 Å².